The van der Waals surface area contributed by atoms with E-state index in [0.29, 0.717) is 0 Å². The summed E-state index contributed by atoms with van der Waals surface area (Å²) in [5.74, 6) is -2.29. The summed E-state index contributed by atoms with van der Waals surface area (Å²) >= 11 is 0. The molecular weight excluding hydrogens is 164 g/mol. The van der Waals surface area contributed by atoms with Crippen molar-refractivity contribution in [3.8, 4) is 0 Å². The minimum atomic E-state index is -1.91. The molecule has 0 radical (unpaired) electrons. The first kappa shape index (κ1) is 9.88. The van der Waals surface area contributed by atoms with E-state index < -0.39 is 24.6 Å². The molecule has 0 bridgehead atoms. The van der Waals surface area contributed by atoms with Crippen LogP contribution in [0, 0.1) is 5.92 Å². The van der Waals surface area contributed by atoms with Crippen molar-refractivity contribution >= 4 is 0 Å². The molecule has 0 aromatic carbocycles. The Balaban J connectivity index is 2.72. The molecule has 4 unspecified atom stereocenters. The third-order valence-corrected chi connectivity index (χ3v) is 2.31. The summed E-state index contributed by atoms with van der Waals surface area (Å²) in [4.78, 5) is 0. The van der Waals surface area contributed by atoms with Crippen molar-refractivity contribution in [3.05, 3.63) is 0 Å². The first-order valence-corrected chi connectivity index (χ1v) is 3.85. The van der Waals surface area contributed by atoms with Gasteiger partial charge in [0, 0.05) is 5.92 Å². The summed E-state index contributed by atoms with van der Waals surface area (Å²) in [5.41, 5.74) is 0. The molecule has 1 rings (SSSR count). The molecule has 0 aromatic rings. The molecule has 4 N–H and O–H groups in total. The summed E-state index contributed by atoms with van der Waals surface area (Å²) in [7, 11) is 0. The average molecular weight is 178 g/mol. The van der Waals surface area contributed by atoms with Crippen LogP contribution in [0.15, 0.2) is 0 Å². The van der Waals surface area contributed by atoms with Crippen molar-refractivity contribution in [1.82, 2.24) is 0 Å². The van der Waals surface area contributed by atoms with Crippen LogP contribution in [0.5, 0.6) is 0 Å². The topological polar surface area (TPSA) is 90.2 Å². The van der Waals surface area contributed by atoms with Crippen molar-refractivity contribution in [2.45, 2.75) is 24.9 Å². The van der Waals surface area contributed by atoms with E-state index in [4.69, 9.17) is 14.9 Å². The number of ether oxygens (including phenoxy) is 1. The van der Waals surface area contributed by atoms with Gasteiger partial charge in [0.1, 0.15) is 6.10 Å². The predicted molar refractivity (Wildman–Crippen MR) is 39.2 cm³/mol. The fourth-order valence-electron chi connectivity index (χ4n) is 1.39. The minimum Gasteiger partial charge on any atom is -0.394 e. The molecule has 5 nitrogen and oxygen atoms in total. The average Bonchev–Trinajstić information content (AvgIpc) is 2.31. The number of aliphatic hydroxyl groups is 4. The number of hydrogen-bond donors (Lipinski definition) is 4. The van der Waals surface area contributed by atoms with Crippen LogP contribution >= 0.6 is 0 Å². The fourth-order valence-corrected chi connectivity index (χ4v) is 1.39. The van der Waals surface area contributed by atoms with Gasteiger partial charge in [0.05, 0.1) is 19.3 Å². The maximum atomic E-state index is 9.41. The van der Waals surface area contributed by atoms with E-state index in [2.05, 4.69) is 0 Å². The standard InChI is InChI=1S/C7H14O5/c1-4-5(2-8)12-7(11,3-9)6(4)10/h4-6,8-11H,2-3H2,1H3. The van der Waals surface area contributed by atoms with Crippen LogP contribution in [-0.4, -0.2) is 51.6 Å². The lowest BCUT2D eigenvalue weighted by atomic mass is 9.97. The van der Waals surface area contributed by atoms with Gasteiger partial charge in [-0.15, -0.1) is 0 Å². The van der Waals surface area contributed by atoms with Gasteiger partial charge in [-0.05, 0) is 0 Å². The van der Waals surface area contributed by atoms with Crippen LogP contribution in [-0.2, 0) is 4.74 Å². The van der Waals surface area contributed by atoms with E-state index in [9.17, 15) is 10.2 Å². The monoisotopic (exact) mass is 178 g/mol. The smallest absolute Gasteiger partial charge is 0.216 e. The SMILES string of the molecule is CC1C(CO)OC(O)(CO)C1O. The van der Waals surface area contributed by atoms with Crippen LogP contribution in [0.25, 0.3) is 0 Å². The molecular formula is C7H14O5. The highest BCUT2D eigenvalue weighted by Crippen LogP contribution is 2.32. The van der Waals surface area contributed by atoms with Crippen LogP contribution in [0.2, 0.25) is 0 Å². The van der Waals surface area contributed by atoms with Gasteiger partial charge in [0.25, 0.3) is 0 Å². The third kappa shape index (κ3) is 1.34. The lowest BCUT2D eigenvalue weighted by Crippen LogP contribution is -2.44. The Bertz CT molecular complexity index is 162. The Kier molecular flexibility index (Phi) is 2.70. The lowest BCUT2D eigenvalue weighted by molar-refractivity contribution is -0.247. The highest BCUT2D eigenvalue weighted by atomic mass is 16.7. The zero-order valence-corrected chi connectivity index (χ0v) is 6.84. The number of rotatable bonds is 2. The zero-order valence-electron chi connectivity index (χ0n) is 6.84. The Labute approximate surface area is 70.2 Å². The van der Waals surface area contributed by atoms with Crippen LogP contribution in [0.3, 0.4) is 0 Å². The molecule has 1 heterocycles. The first-order valence-electron chi connectivity index (χ1n) is 3.85. The Morgan fingerprint density at radius 1 is 1.42 bits per heavy atom. The van der Waals surface area contributed by atoms with Crippen LogP contribution in [0.1, 0.15) is 6.92 Å². The number of aliphatic hydroxyl groups excluding tert-OH is 3. The van der Waals surface area contributed by atoms with Gasteiger partial charge in [0.15, 0.2) is 0 Å². The van der Waals surface area contributed by atoms with Crippen LogP contribution < -0.4 is 0 Å². The largest absolute Gasteiger partial charge is 0.394 e. The number of hydrogen-bond acceptors (Lipinski definition) is 5. The van der Waals surface area contributed by atoms with Crippen molar-refractivity contribution in [1.29, 1.82) is 0 Å². The second-order valence-corrected chi connectivity index (χ2v) is 3.15. The molecule has 0 aromatic heterocycles. The summed E-state index contributed by atoms with van der Waals surface area (Å²) in [6.45, 7) is 0.689. The Hall–Kier alpha value is -0.200. The molecule has 0 saturated carbocycles. The lowest BCUT2D eigenvalue weighted by Gasteiger charge is -2.23. The Morgan fingerprint density at radius 3 is 2.25 bits per heavy atom. The molecule has 72 valence electrons. The van der Waals surface area contributed by atoms with Gasteiger partial charge < -0.3 is 25.2 Å². The van der Waals surface area contributed by atoms with Crippen molar-refractivity contribution < 1.29 is 25.2 Å². The quantitative estimate of drug-likeness (QED) is 0.395. The summed E-state index contributed by atoms with van der Waals surface area (Å²) in [6.07, 6.45) is -1.77. The Morgan fingerprint density at radius 2 is 2.00 bits per heavy atom. The maximum Gasteiger partial charge on any atom is 0.216 e. The third-order valence-electron chi connectivity index (χ3n) is 2.31. The molecule has 0 spiro atoms. The van der Waals surface area contributed by atoms with Crippen molar-refractivity contribution in [2.24, 2.45) is 5.92 Å². The summed E-state index contributed by atoms with van der Waals surface area (Å²) in [6, 6.07) is 0. The van der Waals surface area contributed by atoms with E-state index in [1.807, 2.05) is 0 Å². The zero-order chi connectivity index (χ0) is 9.35. The van der Waals surface area contributed by atoms with E-state index in [-0.39, 0.29) is 12.5 Å². The van der Waals surface area contributed by atoms with E-state index >= 15 is 0 Å². The molecule has 5 heteroatoms. The molecule has 1 aliphatic heterocycles. The molecule has 0 aliphatic carbocycles. The van der Waals surface area contributed by atoms with E-state index in [1.54, 1.807) is 6.92 Å². The molecule has 1 aliphatic rings. The van der Waals surface area contributed by atoms with Gasteiger partial charge in [-0.3, -0.25) is 0 Å². The summed E-state index contributed by atoms with van der Waals surface area (Å²) in [5, 5.41) is 36.2. The van der Waals surface area contributed by atoms with Crippen molar-refractivity contribution in [2.75, 3.05) is 13.2 Å². The van der Waals surface area contributed by atoms with Gasteiger partial charge in [-0.1, -0.05) is 6.92 Å². The van der Waals surface area contributed by atoms with Gasteiger partial charge in [-0.25, -0.2) is 0 Å². The van der Waals surface area contributed by atoms with Gasteiger partial charge >= 0.3 is 0 Å². The van der Waals surface area contributed by atoms with Gasteiger partial charge in [0.2, 0.25) is 5.79 Å². The molecule has 12 heavy (non-hydrogen) atoms. The van der Waals surface area contributed by atoms with E-state index in [1.165, 1.54) is 0 Å². The molecule has 1 fully saturated rings. The first-order chi connectivity index (χ1) is 5.55. The highest BCUT2D eigenvalue weighted by Gasteiger charge is 2.51. The molecule has 4 atom stereocenters. The predicted octanol–water partition coefficient (Wildman–Crippen LogP) is -1.94. The van der Waals surface area contributed by atoms with Crippen LogP contribution in [0.4, 0.5) is 0 Å². The maximum absolute atomic E-state index is 9.41. The molecule has 0 amide bonds. The van der Waals surface area contributed by atoms with Crippen molar-refractivity contribution in [3.63, 3.8) is 0 Å². The minimum absolute atomic E-state index is 0.277. The normalized spacial score (nSPS) is 48.2. The van der Waals surface area contributed by atoms with E-state index in [0.717, 1.165) is 0 Å². The highest BCUT2D eigenvalue weighted by molar-refractivity contribution is 4.92. The second-order valence-electron chi connectivity index (χ2n) is 3.15. The summed E-state index contributed by atoms with van der Waals surface area (Å²) < 4.78 is 4.88. The molecule has 1 saturated heterocycles. The fraction of sp³-hybridized carbons (Fsp3) is 1.00. The van der Waals surface area contributed by atoms with Gasteiger partial charge in [-0.2, -0.15) is 0 Å². The second kappa shape index (κ2) is 3.27.